The molecule has 0 radical (unpaired) electrons. The van der Waals surface area contributed by atoms with Crippen LogP contribution in [0.3, 0.4) is 0 Å². The Morgan fingerprint density at radius 1 is 1.46 bits per heavy atom. The zero-order valence-corrected chi connectivity index (χ0v) is 14.6. The molecule has 0 aliphatic carbocycles. The molecule has 1 atom stereocenters. The number of aryl methyl sites for hydroxylation is 1. The third-order valence-electron chi connectivity index (χ3n) is 4.21. The van der Waals surface area contributed by atoms with Gasteiger partial charge in [-0.25, -0.2) is 4.79 Å². The normalized spacial score (nSPS) is 17.1. The lowest BCUT2D eigenvalue weighted by Gasteiger charge is -2.18. The molecular weight excluding hydrogens is 326 g/mol. The van der Waals surface area contributed by atoms with Gasteiger partial charge in [-0.2, -0.15) is 0 Å². The Hall–Kier alpha value is -2.28. The van der Waals surface area contributed by atoms with Crippen molar-refractivity contribution in [3.63, 3.8) is 0 Å². The van der Waals surface area contributed by atoms with E-state index in [0.29, 0.717) is 25.4 Å². The van der Waals surface area contributed by atoms with Crippen molar-refractivity contribution in [3.8, 4) is 5.75 Å². The van der Waals surface area contributed by atoms with Gasteiger partial charge in [-0.1, -0.05) is 6.07 Å². The van der Waals surface area contributed by atoms with E-state index in [1.54, 1.807) is 27.9 Å². The number of aromatic nitrogens is 1. The predicted octanol–water partition coefficient (Wildman–Crippen LogP) is 2.12. The third-order valence-corrected chi connectivity index (χ3v) is 5.08. The highest BCUT2D eigenvalue weighted by molar-refractivity contribution is 7.09. The molecule has 1 aliphatic rings. The first kappa shape index (κ1) is 16.6. The van der Waals surface area contributed by atoms with Crippen molar-refractivity contribution in [1.29, 1.82) is 0 Å². The van der Waals surface area contributed by atoms with E-state index in [1.165, 1.54) is 6.07 Å². The van der Waals surface area contributed by atoms with Gasteiger partial charge in [0, 0.05) is 36.7 Å². The lowest BCUT2D eigenvalue weighted by atomic mass is 10.3. The second-order valence-electron chi connectivity index (χ2n) is 5.94. The number of carbonyl (C=O) groups excluding carboxylic acids is 1. The number of nitrogens with one attached hydrogen (secondary N) is 1. The molecule has 24 heavy (non-hydrogen) atoms. The van der Waals surface area contributed by atoms with E-state index in [0.717, 1.165) is 17.0 Å². The number of rotatable bonds is 4. The molecule has 7 heteroatoms. The SMILES string of the molecule is Cc1cc(OC2CCN(C(=O)NCc3cccs3)C2)cc(=O)n1C. The molecule has 2 aromatic rings. The number of carbonyl (C=O) groups is 1. The largest absolute Gasteiger partial charge is 0.488 e. The number of amides is 2. The van der Waals surface area contributed by atoms with E-state index in [9.17, 15) is 9.59 Å². The maximum atomic E-state index is 12.2. The van der Waals surface area contributed by atoms with E-state index >= 15 is 0 Å². The van der Waals surface area contributed by atoms with Gasteiger partial charge in [-0.3, -0.25) is 4.79 Å². The van der Waals surface area contributed by atoms with Crippen molar-refractivity contribution in [3.05, 3.63) is 50.6 Å². The van der Waals surface area contributed by atoms with E-state index in [-0.39, 0.29) is 17.7 Å². The molecule has 1 saturated heterocycles. The third kappa shape index (κ3) is 3.79. The molecule has 1 unspecified atom stereocenters. The number of thiophene rings is 1. The van der Waals surface area contributed by atoms with Gasteiger partial charge in [0.25, 0.3) is 5.56 Å². The Morgan fingerprint density at radius 2 is 2.29 bits per heavy atom. The molecule has 1 aliphatic heterocycles. The molecule has 2 amide bonds. The molecule has 1 N–H and O–H groups in total. The van der Waals surface area contributed by atoms with Crippen LogP contribution in [0.5, 0.6) is 5.75 Å². The summed E-state index contributed by atoms with van der Waals surface area (Å²) in [5.74, 6) is 0.571. The van der Waals surface area contributed by atoms with Crippen molar-refractivity contribution < 1.29 is 9.53 Å². The average molecular weight is 347 g/mol. The lowest BCUT2D eigenvalue weighted by Crippen LogP contribution is -2.39. The van der Waals surface area contributed by atoms with Crippen LogP contribution in [-0.4, -0.2) is 34.7 Å². The Kier molecular flexibility index (Phi) is 4.89. The molecule has 2 aromatic heterocycles. The van der Waals surface area contributed by atoms with E-state index in [1.807, 2.05) is 30.5 Å². The van der Waals surface area contributed by atoms with Crippen LogP contribution < -0.4 is 15.6 Å². The van der Waals surface area contributed by atoms with Crippen molar-refractivity contribution in [2.24, 2.45) is 7.05 Å². The van der Waals surface area contributed by atoms with Gasteiger partial charge < -0.3 is 19.5 Å². The highest BCUT2D eigenvalue weighted by atomic mass is 32.1. The minimum atomic E-state index is -0.0893. The number of pyridine rings is 1. The second-order valence-corrected chi connectivity index (χ2v) is 6.97. The van der Waals surface area contributed by atoms with Crippen LogP contribution in [0, 0.1) is 6.92 Å². The summed E-state index contributed by atoms with van der Waals surface area (Å²) in [7, 11) is 1.73. The Labute approximate surface area is 144 Å². The lowest BCUT2D eigenvalue weighted by molar-refractivity contribution is 0.186. The average Bonchev–Trinajstić information content (AvgIpc) is 3.22. The smallest absolute Gasteiger partial charge is 0.317 e. The standard InChI is InChI=1S/C17H21N3O3S/c1-12-8-14(9-16(21)19(12)2)23-13-5-6-20(11-13)17(22)18-10-15-4-3-7-24-15/h3-4,7-9,13H,5-6,10-11H2,1-2H3,(H,18,22). The zero-order valence-electron chi connectivity index (χ0n) is 13.8. The number of hydrogen-bond donors (Lipinski definition) is 1. The van der Waals surface area contributed by atoms with Gasteiger partial charge >= 0.3 is 6.03 Å². The predicted molar refractivity (Wildman–Crippen MR) is 93.6 cm³/mol. The molecule has 0 spiro atoms. The zero-order chi connectivity index (χ0) is 17.1. The first-order valence-electron chi connectivity index (χ1n) is 7.92. The van der Waals surface area contributed by atoms with E-state index in [2.05, 4.69) is 5.32 Å². The highest BCUT2D eigenvalue weighted by Crippen LogP contribution is 2.18. The summed E-state index contributed by atoms with van der Waals surface area (Å²) in [6.07, 6.45) is 0.685. The first-order valence-corrected chi connectivity index (χ1v) is 8.80. The summed E-state index contributed by atoms with van der Waals surface area (Å²) in [4.78, 5) is 26.9. The van der Waals surface area contributed by atoms with Gasteiger partial charge in [0.15, 0.2) is 0 Å². The quantitative estimate of drug-likeness (QED) is 0.921. The Balaban J connectivity index is 1.53. The van der Waals surface area contributed by atoms with Gasteiger partial charge in [0.1, 0.15) is 11.9 Å². The highest BCUT2D eigenvalue weighted by Gasteiger charge is 2.27. The minimum absolute atomic E-state index is 0.0744. The monoisotopic (exact) mass is 347 g/mol. The Bertz CT molecular complexity index is 770. The number of ether oxygens (including phenoxy) is 1. The molecule has 3 heterocycles. The van der Waals surface area contributed by atoms with E-state index in [4.69, 9.17) is 4.74 Å². The van der Waals surface area contributed by atoms with Crippen LogP contribution in [0.1, 0.15) is 17.0 Å². The number of likely N-dealkylation sites (tertiary alicyclic amines) is 1. The molecule has 128 valence electrons. The number of nitrogens with zero attached hydrogens (tertiary/aromatic N) is 2. The van der Waals surface area contributed by atoms with Gasteiger partial charge in [-0.15, -0.1) is 11.3 Å². The summed E-state index contributed by atoms with van der Waals surface area (Å²) in [6.45, 7) is 3.61. The fourth-order valence-electron chi connectivity index (χ4n) is 2.69. The van der Waals surface area contributed by atoms with Crippen LogP contribution in [0.15, 0.2) is 34.4 Å². The second kappa shape index (κ2) is 7.09. The maximum absolute atomic E-state index is 12.2. The van der Waals surface area contributed by atoms with Crippen molar-refractivity contribution in [1.82, 2.24) is 14.8 Å². The van der Waals surface area contributed by atoms with Gasteiger partial charge in [0.05, 0.1) is 13.1 Å². The van der Waals surface area contributed by atoms with Crippen LogP contribution in [0.25, 0.3) is 0 Å². The molecule has 0 aromatic carbocycles. The molecule has 6 nitrogen and oxygen atoms in total. The van der Waals surface area contributed by atoms with E-state index < -0.39 is 0 Å². The summed E-state index contributed by atoms with van der Waals surface area (Å²) in [5.41, 5.74) is 0.759. The number of hydrogen-bond acceptors (Lipinski definition) is 4. The fourth-order valence-corrected chi connectivity index (χ4v) is 3.34. The minimum Gasteiger partial charge on any atom is -0.488 e. The van der Waals surface area contributed by atoms with Gasteiger partial charge in [0.2, 0.25) is 0 Å². The summed E-state index contributed by atoms with van der Waals surface area (Å²) < 4.78 is 7.47. The van der Waals surface area contributed by atoms with Crippen LogP contribution in [0.2, 0.25) is 0 Å². The molecule has 0 saturated carbocycles. The van der Waals surface area contributed by atoms with Crippen LogP contribution >= 0.6 is 11.3 Å². The number of urea groups is 1. The van der Waals surface area contributed by atoms with Crippen molar-refractivity contribution >= 4 is 17.4 Å². The molecule has 1 fully saturated rings. The molecular formula is C17H21N3O3S. The Morgan fingerprint density at radius 3 is 3.00 bits per heavy atom. The van der Waals surface area contributed by atoms with Gasteiger partial charge in [-0.05, 0) is 24.4 Å². The molecule has 3 rings (SSSR count). The summed E-state index contributed by atoms with van der Waals surface area (Å²) >= 11 is 1.62. The first-order chi connectivity index (χ1) is 11.5. The van der Waals surface area contributed by atoms with Crippen LogP contribution in [0.4, 0.5) is 4.79 Å². The fraction of sp³-hybridized carbons (Fsp3) is 0.412. The molecule has 0 bridgehead atoms. The topological polar surface area (TPSA) is 63.6 Å². The maximum Gasteiger partial charge on any atom is 0.317 e. The summed E-state index contributed by atoms with van der Waals surface area (Å²) in [6, 6.07) is 7.24. The van der Waals surface area contributed by atoms with Crippen molar-refractivity contribution in [2.45, 2.75) is 26.0 Å². The van der Waals surface area contributed by atoms with Crippen LogP contribution in [-0.2, 0) is 13.6 Å². The summed E-state index contributed by atoms with van der Waals surface area (Å²) in [5, 5.41) is 4.92. The van der Waals surface area contributed by atoms with Crippen molar-refractivity contribution in [2.75, 3.05) is 13.1 Å².